The SMILES string of the molecule is C#Cc1ncoc1NC(=O)O. The zero-order valence-corrected chi connectivity index (χ0v) is 5.37. The van der Waals surface area contributed by atoms with E-state index in [-0.39, 0.29) is 11.6 Å². The molecule has 0 spiro atoms. The zero-order valence-electron chi connectivity index (χ0n) is 5.37. The molecule has 0 radical (unpaired) electrons. The van der Waals surface area contributed by atoms with Gasteiger partial charge in [-0.05, 0) is 5.92 Å². The second kappa shape index (κ2) is 2.75. The van der Waals surface area contributed by atoms with Crippen molar-refractivity contribution in [2.45, 2.75) is 0 Å². The van der Waals surface area contributed by atoms with Gasteiger partial charge in [0.25, 0.3) is 0 Å². The lowest BCUT2D eigenvalue weighted by Gasteiger charge is -1.92. The number of carboxylic acid groups (broad SMARTS) is 1. The van der Waals surface area contributed by atoms with Crippen LogP contribution in [0.3, 0.4) is 0 Å². The maximum Gasteiger partial charge on any atom is 0.411 e. The normalized spacial score (nSPS) is 8.64. The molecule has 0 saturated heterocycles. The highest BCUT2D eigenvalue weighted by atomic mass is 16.4. The number of aromatic nitrogens is 1. The number of hydrogen-bond donors (Lipinski definition) is 2. The van der Waals surface area contributed by atoms with Crippen LogP contribution in [0.1, 0.15) is 5.69 Å². The van der Waals surface area contributed by atoms with Gasteiger partial charge < -0.3 is 9.52 Å². The van der Waals surface area contributed by atoms with Gasteiger partial charge in [0.15, 0.2) is 12.1 Å². The molecule has 0 saturated carbocycles. The number of carbonyl (C=O) groups is 1. The molecule has 0 aliphatic rings. The first-order valence-electron chi connectivity index (χ1n) is 2.64. The largest absolute Gasteiger partial charge is 0.465 e. The molecule has 5 heteroatoms. The standard InChI is InChI=1S/C6H4N2O3/c1-2-4-5(8-6(9)10)11-3-7-4/h1,3,8H,(H,9,10). The molecule has 1 amide bonds. The lowest BCUT2D eigenvalue weighted by Crippen LogP contribution is -2.07. The number of oxazole rings is 1. The zero-order chi connectivity index (χ0) is 8.27. The molecule has 11 heavy (non-hydrogen) atoms. The van der Waals surface area contributed by atoms with Gasteiger partial charge in [-0.25, -0.2) is 9.78 Å². The lowest BCUT2D eigenvalue weighted by atomic mass is 10.5. The average Bonchev–Trinajstić information content (AvgIpc) is 2.34. The Morgan fingerprint density at radius 3 is 3.18 bits per heavy atom. The Morgan fingerprint density at radius 1 is 1.91 bits per heavy atom. The van der Waals surface area contributed by atoms with E-state index >= 15 is 0 Å². The van der Waals surface area contributed by atoms with Crippen molar-refractivity contribution in [2.24, 2.45) is 0 Å². The quantitative estimate of drug-likeness (QED) is 0.582. The topological polar surface area (TPSA) is 75.4 Å². The molecule has 0 aliphatic heterocycles. The third kappa shape index (κ3) is 1.49. The molecule has 0 aliphatic carbocycles. The summed E-state index contributed by atoms with van der Waals surface area (Å²) in [6, 6.07) is 0. The van der Waals surface area contributed by atoms with Gasteiger partial charge in [0.05, 0.1) is 0 Å². The molecule has 1 rings (SSSR count). The van der Waals surface area contributed by atoms with E-state index < -0.39 is 6.09 Å². The third-order valence-corrected chi connectivity index (χ3v) is 0.925. The number of hydrogen-bond acceptors (Lipinski definition) is 3. The van der Waals surface area contributed by atoms with E-state index in [1.807, 2.05) is 5.32 Å². The summed E-state index contributed by atoms with van der Waals surface area (Å²) in [7, 11) is 0. The van der Waals surface area contributed by atoms with E-state index in [4.69, 9.17) is 11.5 Å². The van der Waals surface area contributed by atoms with Crippen LogP contribution in [-0.2, 0) is 0 Å². The van der Waals surface area contributed by atoms with Crippen molar-refractivity contribution in [3.05, 3.63) is 12.1 Å². The van der Waals surface area contributed by atoms with Crippen molar-refractivity contribution in [1.82, 2.24) is 4.98 Å². The van der Waals surface area contributed by atoms with Crippen LogP contribution in [0.5, 0.6) is 0 Å². The van der Waals surface area contributed by atoms with Gasteiger partial charge in [-0.3, -0.25) is 5.32 Å². The molecular weight excluding hydrogens is 148 g/mol. The fraction of sp³-hybridized carbons (Fsp3) is 0. The predicted molar refractivity (Wildman–Crippen MR) is 36.1 cm³/mol. The van der Waals surface area contributed by atoms with Crippen LogP contribution >= 0.6 is 0 Å². The van der Waals surface area contributed by atoms with Crippen molar-refractivity contribution < 1.29 is 14.3 Å². The highest BCUT2D eigenvalue weighted by Gasteiger charge is 2.07. The Kier molecular flexibility index (Phi) is 1.79. The molecule has 5 nitrogen and oxygen atoms in total. The minimum atomic E-state index is -1.24. The number of terminal acetylenes is 1. The summed E-state index contributed by atoms with van der Waals surface area (Å²) in [5.74, 6) is 2.12. The first-order chi connectivity index (χ1) is 5.24. The predicted octanol–water partition coefficient (Wildman–Crippen LogP) is 0.746. The Labute approximate surface area is 62.0 Å². The van der Waals surface area contributed by atoms with Crippen LogP contribution < -0.4 is 5.32 Å². The molecular formula is C6H4N2O3. The van der Waals surface area contributed by atoms with Gasteiger partial charge in [0, 0.05) is 0 Å². The maximum atomic E-state index is 10.1. The lowest BCUT2D eigenvalue weighted by molar-refractivity contribution is 0.209. The van der Waals surface area contributed by atoms with Crippen LogP contribution in [0.2, 0.25) is 0 Å². The molecule has 1 aromatic rings. The summed E-state index contributed by atoms with van der Waals surface area (Å²) in [6.07, 6.45) is 4.80. The van der Waals surface area contributed by atoms with E-state index in [2.05, 4.69) is 15.3 Å². The molecule has 1 aromatic heterocycles. The van der Waals surface area contributed by atoms with Gasteiger partial charge >= 0.3 is 6.09 Å². The van der Waals surface area contributed by atoms with Crippen molar-refractivity contribution in [1.29, 1.82) is 0 Å². The molecule has 1 heterocycles. The van der Waals surface area contributed by atoms with Crippen LogP contribution in [0.15, 0.2) is 10.8 Å². The second-order valence-electron chi connectivity index (χ2n) is 1.60. The van der Waals surface area contributed by atoms with Crippen LogP contribution in [0.25, 0.3) is 0 Å². The number of amides is 1. The highest BCUT2D eigenvalue weighted by Crippen LogP contribution is 2.10. The van der Waals surface area contributed by atoms with E-state index in [0.29, 0.717) is 0 Å². The summed E-state index contributed by atoms with van der Waals surface area (Å²) >= 11 is 0. The molecule has 0 fully saturated rings. The number of nitrogens with zero attached hydrogens (tertiary/aromatic N) is 1. The molecule has 0 unspecified atom stereocenters. The van der Waals surface area contributed by atoms with Crippen LogP contribution in [0.4, 0.5) is 10.7 Å². The first-order valence-corrected chi connectivity index (χ1v) is 2.64. The van der Waals surface area contributed by atoms with E-state index in [0.717, 1.165) is 6.39 Å². The summed E-state index contributed by atoms with van der Waals surface area (Å²) < 4.78 is 4.62. The highest BCUT2D eigenvalue weighted by molar-refractivity contribution is 5.82. The van der Waals surface area contributed by atoms with E-state index in [1.54, 1.807) is 0 Å². The number of nitrogens with one attached hydrogen (secondary N) is 1. The van der Waals surface area contributed by atoms with Crippen molar-refractivity contribution >= 4 is 12.0 Å². The van der Waals surface area contributed by atoms with E-state index in [1.165, 1.54) is 0 Å². The molecule has 0 atom stereocenters. The smallest absolute Gasteiger partial charge is 0.411 e. The fourth-order valence-electron chi connectivity index (χ4n) is 0.535. The van der Waals surface area contributed by atoms with Gasteiger partial charge in [0.2, 0.25) is 5.88 Å². The monoisotopic (exact) mass is 152 g/mol. The summed E-state index contributed by atoms with van der Waals surface area (Å²) in [4.78, 5) is 13.6. The second-order valence-corrected chi connectivity index (χ2v) is 1.60. The van der Waals surface area contributed by atoms with Crippen molar-refractivity contribution in [3.8, 4) is 12.3 Å². The molecule has 56 valence electrons. The Bertz CT molecular complexity index is 310. The molecule has 2 N–H and O–H groups in total. The van der Waals surface area contributed by atoms with Crippen LogP contribution in [0, 0.1) is 12.3 Å². The minimum absolute atomic E-state index is 0.0278. The van der Waals surface area contributed by atoms with E-state index in [9.17, 15) is 4.79 Å². The summed E-state index contributed by atoms with van der Waals surface area (Å²) in [5.41, 5.74) is 0.146. The molecule has 0 bridgehead atoms. The average molecular weight is 152 g/mol. The minimum Gasteiger partial charge on any atom is -0.465 e. The summed E-state index contributed by atoms with van der Waals surface area (Å²) in [6.45, 7) is 0. The Morgan fingerprint density at radius 2 is 2.64 bits per heavy atom. The van der Waals surface area contributed by atoms with Crippen LogP contribution in [-0.4, -0.2) is 16.2 Å². The number of rotatable bonds is 1. The van der Waals surface area contributed by atoms with Gasteiger partial charge in [-0.1, -0.05) is 0 Å². The summed E-state index contributed by atoms with van der Waals surface area (Å²) in [5, 5.41) is 10.2. The van der Waals surface area contributed by atoms with Gasteiger partial charge in [-0.2, -0.15) is 0 Å². The van der Waals surface area contributed by atoms with Gasteiger partial charge in [-0.15, -0.1) is 6.42 Å². The fourth-order valence-corrected chi connectivity index (χ4v) is 0.535. The molecule has 0 aromatic carbocycles. The Balaban J connectivity index is 2.87. The Hall–Kier alpha value is -1.96. The third-order valence-electron chi connectivity index (χ3n) is 0.925. The first kappa shape index (κ1) is 7.15. The maximum absolute atomic E-state index is 10.1. The van der Waals surface area contributed by atoms with Crippen molar-refractivity contribution in [2.75, 3.05) is 5.32 Å². The van der Waals surface area contributed by atoms with Crippen molar-refractivity contribution in [3.63, 3.8) is 0 Å². The number of anilines is 1. The van der Waals surface area contributed by atoms with Gasteiger partial charge in [0.1, 0.15) is 0 Å².